The maximum atomic E-state index is 12.3. The van der Waals surface area contributed by atoms with Crippen molar-refractivity contribution >= 4 is 17.1 Å². The largest absolute Gasteiger partial charge is 0.465 e. The van der Waals surface area contributed by atoms with E-state index in [0.29, 0.717) is 36.0 Å². The number of nitrogens with zero attached hydrogens (tertiary/aromatic N) is 5. The van der Waals surface area contributed by atoms with E-state index < -0.39 is 6.09 Å². The maximum Gasteiger partial charge on any atom is 0.407 e. The third kappa shape index (κ3) is 2.27. The van der Waals surface area contributed by atoms with Crippen LogP contribution in [0.15, 0.2) is 11.0 Å². The fourth-order valence-corrected chi connectivity index (χ4v) is 3.29. The van der Waals surface area contributed by atoms with Crippen molar-refractivity contribution in [2.75, 3.05) is 26.2 Å². The van der Waals surface area contributed by atoms with E-state index in [9.17, 15) is 9.59 Å². The summed E-state index contributed by atoms with van der Waals surface area (Å²) in [4.78, 5) is 34.2. The van der Waals surface area contributed by atoms with Crippen LogP contribution in [0.2, 0.25) is 0 Å². The van der Waals surface area contributed by atoms with E-state index in [4.69, 9.17) is 5.11 Å². The van der Waals surface area contributed by atoms with Crippen molar-refractivity contribution in [2.24, 2.45) is 0 Å². The van der Waals surface area contributed by atoms with Crippen LogP contribution in [-0.4, -0.2) is 73.0 Å². The van der Waals surface area contributed by atoms with Gasteiger partial charge in [-0.2, -0.15) is 5.10 Å². The number of likely N-dealkylation sites (tertiary alicyclic amines) is 2. The molecule has 2 aliphatic heterocycles. The monoisotopic (exact) mass is 332 g/mol. The number of rotatable bonds is 3. The number of hydrogen-bond donors (Lipinski definition) is 2. The average molecular weight is 332 g/mol. The van der Waals surface area contributed by atoms with Gasteiger partial charge in [0.05, 0.1) is 18.2 Å². The number of aromatic amines is 1. The van der Waals surface area contributed by atoms with Gasteiger partial charge >= 0.3 is 6.09 Å². The molecule has 2 aromatic rings. The van der Waals surface area contributed by atoms with Crippen molar-refractivity contribution in [2.45, 2.75) is 31.8 Å². The Morgan fingerprint density at radius 3 is 2.67 bits per heavy atom. The van der Waals surface area contributed by atoms with Crippen LogP contribution in [0, 0.1) is 0 Å². The van der Waals surface area contributed by atoms with Gasteiger partial charge in [0.25, 0.3) is 5.56 Å². The Kier molecular flexibility index (Phi) is 3.34. The molecule has 2 aliphatic rings. The number of fused-ring (bicyclic) bond motifs is 1. The van der Waals surface area contributed by atoms with Crippen molar-refractivity contribution in [3.63, 3.8) is 0 Å². The first kappa shape index (κ1) is 15.1. The topological polar surface area (TPSA) is 107 Å². The van der Waals surface area contributed by atoms with Crippen LogP contribution in [0.5, 0.6) is 0 Å². The van der Waals surface area contributed by atoms with E-state index >= 15 is 0 Å². The molecule has 4 heterocycles. The Labute approximate surface area is 137 Å². The molecule has 0 radical (unpaired) electrons. The molecule has 2 fully saturated rings. The summed E-state index contributed by atoms with van der Waals surface area (Å²) in [6.45, 7) is 6.83. The number of H-pyrrole nitrogens is 1. The Bertz CT molecular complexity index is 845. The van der Waals surface area contributed by atoms with Crippen LogP contribution < -0.4 is 5.56 Å². The van der Waals surface area contributed by atoms with Gasteiger partial charge in [0, 0.05) is 32.2 Å². The summed E-state index contributed by atoms with van der Waals surface area (Å²) in [7, 11) is 0. The molecule has 0 atom stereocenters. The fourth-order valence-electron chi connectivity index (χ4n) is 3.29. The van der Waals surface area contributed by atoms with Gasteiger partial charge in [0.1, 0.15) is 11.2 Å². The van der Waals surface area contributed by atoms with Crippen LogP contribution in [0.4, 0.5) is 4.79 Å². The Morgan fingerprint density at radius 2 is 2.04 bits per heavy atom. The normalized spacial score (nSPS) is 19.7. The summed E-state index contributed by atoms with van der Waals surface area (Å²) < 4.78 is 1.83. The average Bonchev–Trinajstić information content (AvgIpc) is 2.79. The molecule has 128 valence electrons. The summed E-state index contributed by atoms with van der Waals surface area (Å²) in [5.41, 5.74) is 0.381. The van der Waals surface area contributed by atoms with Gasteiger partial charge in [-0.25, -0.2) is 14.5 Å². The lowest BCUT2D eigenvalue weighted by molar-refractivity contribution is 0.0695. The second kappa shape index (κ2) is 5.30. The molecular weight excluding hydrogens is 312 g/mol. The van der Waals surface area contributed by atoms with E-state index in [1.165, 1.54) is 4.90 Å². The quantitative estimate of drug-likeness (QED) is 0.845. The molecule has 0 spiro atoms. The molecule has 0 bridgehead atoms. The molecule has 2 aromatic heterocycles. The van der Waals surface area contributed by atoms with Crippen molar-refractivity contribution in [1.29, 1.82) is 0 Å². The second-order valence-electron chi connectivity index (χ2n) is 6.86. The first-order chi connectivity index (χ1) is 11.4. The van der Waals surface area contributed by atoms with E-state index in [1.54, 1.807) is 6.20 Å². The molecule has 2 saturated heterocycles. The zero-order valence-electron chi connectivity index (χ0n) is 13.6. The third-order valence-electron chi connectivity index (χ3n) is 4.99. The minimum atomic E-state index is -0.942. The smallest absolute Gasteiger partial charge is 0.407 e. The highest BCUT2D eigenvalue weighted by Gasteiger charge is 2.35. The summed E-state index contributed by atoms with van der Waals surface area (Å²) in [5.74, 6) is 0.488. The van der Waals surface area contributed by atoms with Crippen LogP contribution in [0.25, 0.3) is 11.0 Å². The molecule has 4 rings (SSSR count). The molecule has 1 amide bonds. The summed E-state index contributed by atoms with van der Waals surface area (Å²) >= 11 is 0. The predicted octanol–water partition coefficient (Wildman–Crippen LogP) is 0.462. The summed E-state index contributed by atoms with van der Waals surface area (Å²) in [5, 5.41) is 13.8. The van der Waals surface area contributed by atoms with Gasteiger partial charge in [-0.15, -0.1) is 0 Å². The lowest BCUT2D eigenvalue weighted by Crippen LogP contribution is -2.51. The Hall–Kier alpha value is -2.42. The zero-order chi connectivity index (χ0) is 17.0. The van der Waals surface area contributed by atoms with Crippen molar-refractivity contribution in [1.82, 2.24) is 29.5 Å². The predicted molar refractivity (Wildman–Crippen MR) is 86.2 cm³/mol. The molecule has 0 aromatic carbocycles. The summed E-state index contributed by atoms with van der Waals surface area (Å²) in [6, 6.07) is 0.718. The Balaban J connectivity index is 1.61. The maximum absolute atomic E-state index is 12.3. The first-order valence-electron chi connectivity index (χ1n) is 8.13. The molecular formula is C15H20N6O3. The second-order valence-corrected chi connectivity index (χ2v) is 6.86. The van der Waals surface area contributed by atoms with E-state index in [-0.39, 0.29) is 17.5 Å². The molecule has 2 N–H and O–H groups in total. The number of carboxylic acid groups (broad SMARTS) is 1. The lowest BCUT2D eigenvalue weighted by Gasteiger charge is -2.42. The fraction of sp³-hybridized carbons (Fsp3) is 0.600. The first-order valence-corrected chi connectivity index (χ1v) is 8.13. The van der Waals surface area contributed by atoms with Crippen molar-refractivity contribution in [3.05, 3.63) is 22.4 Å². The highest BCUT2D eigenvalue weighted by Crippen LogP contribution is 2.27. The number of amides is 1. The molecule has 9 heteroatoms. The van der Waals surface area contributed by atoms with E-state index in [0.717, 1.165) is 13.1 Å². The zero-order valence-corrected chi connectivity index (χ0v) is 13.6. The minimum Gasteiger partial charge on any atom is -0.465 e. The Morgan fingerprint density at radius 1 is 1.33 bits per heavy atom. The number of aromatic nitrogens is 4. The van der Waals surface area contributed by atoms with E-state index in [1.807, 2.05) is 4.68 Å². The lowest BCUT2D eigenvalue weighted by atomic mass is 10.00. The number of carbonyl (C=O) groups is 1. The van der Waals surface area contributed by atoms with Crippen LogP contribution in [0.3, 0.4) is 0 Å². The van der Waals surface area contributed by atoms with Gasteiger partial charge in [-0.1, -0.05) is 0 Å². The third-order valence-corrected chi connectivity index (χ3v) is 4.99. The molecule has 0 aliphatic carbocycles. The minimum absolute atomic E-state index is 0.0601. The van der Waals surface area contributed by atoms with Crippen molar-refractivity contribution < 1.29 is 9.90 Å². The van der Waals surface area contributed by atoms with E-state index in [2.05, 4.69) is 33.8 Å². The molecule has 9 nitrogen and oxygen atoms in total. The highest BCUT2D eigenvalue weighted by molar-refractivity contribution is 5.73. The molecule has 24 heavy (non-hydrogen) atoms. The molecule has 0 unspecified atom stereocenters. The highest BCUT2D eigenvalue weighted by atomic mass is 16.4. The van der Waals surface area contributed by atoms with Gasteiger partial charge in [-0.3, -0.25) is 9.69 Å². The summed E-state index contributed by atoms with van der Waals surface area (Å²) in [6.07, 6.45) is 0.621. The SMILES string of the molecule is CC(C)N1CC(n2ncc3c(=O)[nH]c(C4CN(C(=O)O)C4)nc32)C1. The van der Waals surface area contributed by atoms with Crippen LogP contribution in [-0.2, 0) is 0 Å². The van der Waals surface area contributed by atoms with Gasteiger partial charge in [0.2, 0.25) is 0 Å². The van der Waals surface area contributed by atoms with Gasteiger partial charge in [0.15, 0.2) is 5.65 Å². The number of nitrogens with one attached hydrogen (secondary N) is 1. The molecule has 0 saturated carbocycles. The van der Waals surface area contributed by atoms with Crippen molar-refractivity contribution in [3.8, 4) is 0 Å². The number of hydrogen-bond acceptors (Lipinski definition) is 5. The van der Waals surface area contributed by atoms with Crippen LogP contribution in [0.1, 0.15) is 31.6 Å². The van der Waals surface area contributed by atoms with Crippen LogP contribution >= 0.6 is 0 Å². The van der Waals surface area contributed by atoms with Gasteiger partial charge < -0.3 is 15.0 Å². The standard InChI is InChI=1S/C15H20N6O3/c1-8(2)19-6-10(7-19)21-13-11(3-16-21)14(22)18-12(17-13)9-4-20(5-9)15(23)24/h3,8-10H,4-7H2,1-2H3,(H,23,24)(H,17,18,22). The van der Waals surface area contributed by atoms with Gasteiger partial charge in [-0.05, 0) is 13.8 Å².